The van der Waals surface area contributed by atoms with Gasteiger partial charge in [-0.2, -0.15) is 0 Å². The third-order valence-electron chi connectivity index (χ3n) is 4.71. The molecule has 2 aromatic rings. The molecule has 1 saturated heterocycles. The van der Waals surface area contributed by atoms with Crippen LogP contribution in [0.5, 0.6) is 0 Å². The minimum absolute atomic E-state index is 0.261. The normalized spacial score (nSPS) is 20.3. The SMILES string of the molecule is CN1CC(Cc2ccccc2)N(C)CC1=Cc1c(Br)ccc(F)c1F. The summed E-state index contributed by atoms with van der Waals surface area (Å²) in [5.74, 6) is -1.65. The maximum absolute atomic E-state index is 14.1. The fraction of sp³-hybridized carbons (Fsp3) is 0.300. The maximum atomic E-state index is 14.1. The molecule has 1 fully saturated rings. The molecule has 3 rings (SSSR count). The van der Waals surface area contributed by atoms with Gasteiger partial charge in [-0.25, -0.2) is 8.78 Å². The van der Waals surface area contributed by atoms with Crippen molar-refractivity contribution in [2.45, 2.75) is 12.5 Å². The van der Waals surface area contributed by atoms with Gasteiger partial charge in [0.05, 0.1) is 0 Å². The highest BCUT2D eigenvalue weighted by Gasteiger charge is 2.26. The first-order chi connectivity index (χ1) is 12.0. The number of halogens is 3. The predicted molar refractivity (Wildman–Crippen MR) is 101 cm³/mol. The summed E-state index contributed by atoms with van der Waals surface area (Å²) in [5, 5.41) is 0. The van der Waals surface area contributed by atoms with E-state index in [-0.39, 0.29) is 5.56 Å². The molecular weight excluding hydrogens is 386 g/mol. The molecule has 0 N–H and O–H groups in total. The van der Waals surface area contributed by atoms with E-state index in [0.29, 0.717) is 17.1 Å². The van der Waals surface area contributed by atoms with E-state index < -0.39 is 11.6 Å². The molecule has 2 nitrogen and oxygen atoms in total. The van der Waals surface area contributed by atoms with Crippen molar-refractivity contribution in [2.75, 3.05) is 27.2 Å². The van der Waals surface area contributed by atoms with Gasteiger partial charge in [-0.1, -0.05) is 46.3 Å². The Hall–Kier alpha value is -1.72. The molecule has 132 valence electrons. The summed E-state index contributed by atoms with van der Waals surface area (Å²) in [6, 6.07) is 13.5. The summed E-state index contributed by atoms with van der Waals surface area (Å²) in [5.41, 5.74) is 2.54. The zero-order valence-electron chi connectivity index (χ0n) is 14.3. The third-order valence-corrected chi connectivity index (χ3v) is 5.41. The Morgan fingerprint density at radius 3 is 2.56 bits per heavy atom. The van der Waals surface area contributed by atoms with Gasteiger partial charge in [-0.3, -0.25) is 4.90 Å². The monoisotopic (exact) mass is 406 g/mol. The first-order valence-corrected chi connectivity index (χ1v) is 9.04. The molecule has 0 saturated carbocycles. The van der Waals surface area contributed by atoms with Crippen molar-refractivity contribution in [1.82, 2.24) is 9.80 Å². The molecule has 1 unspecified atom stereocenters. The molecule has 0 spiro atoms. The topological polar surface area (TPSA) is 6.48 Å². The molecule has 0 aromatic heterocycles. The Balaban J connectivity index is 1.80. The maximum Gasteiger partial charge on any atom is 0.167 e. The lowest BCUT2D eigenvalue weighted by molar-refractivity contribution is 0.154. The van der Waals surface area contributed by atoms with E-state index in [1.54, 1.807) is 6.08 Å². The smallest absolute Gasteiger partial charge is 0.167 e. The van der Waals surface area contributed by atoms with Crippen LogP contribution in [0.4, 0.5) is 8.78 Å². The van der Waals surface area contributed by atoms with Crippen LogP contribution in [0.3, 0.4) is 0 Å². The summed E-state index contributed by atoms with van der Waals surface area (Å²) in [6.07, 6.45) is 2.70. The van der Waals surface area contributed by atoms with Crippen LogP contribution in [-0.4, -0.2) is 43.0 Å². The fourth-order valence-electron chi connectivity index (χ4n) is 3.18. The third kappa shape index (κ3) is 4.10. The molecule has 25 heavy (non-hydrogen) atoms. The number of hydrogen-bond acceptors (Lipinski definition) is 2. The Kier molecular flexibility index (Phi) is 5.54. The molecule has 2 aromatic carbocycles. The molecular formula is C20H21BrF2N2. The van der Waals surface area contributed by atoms with Gasteiger partial charge in [0.15, 0.2) is 11.6 Å². The van der Waals surface area contributed by atoms with Crippen molar-refractivity contribution in [2.24, 2.45) is 0 Å². The van der Waals surface area contributed by atoms with Crippen LogP contribution in [-0.2, 0) is 6.42 Å². The zero-order valence-corrected chi connectivity index (χ0v) is 15.9. The second-order valence-corrected chi connectivity index (χ2v) is 7.39. The number of rotatable bonds is 3. The Morgan fingerprint density at radius 2 is 1.84 bits per heavy atom. The van der Waals surface area contributed by atoms with E-state index >= 15 is 0 Å². The van der Waals surface area contributed by atoms with Crippen LogP contribution < -0.4 is 0 Å². The second-order valence-electron chi connectivity index (χ2n) is 6.53. The largest absolute Gasteiger partial charge is 0.375 e. The average Bonchev–Trinajstić information content (AvgIpc) is 2.60. The van der Waals surface area contributed by atoms with Gasteiger partial charge in [0, 0.05) is 41.9 Å². The second kappa shape index (κ2) is 7.67. The fourth-order valence-corrected chi connectivity index (χ4v) is 3.60. The van der Waals surface area contributed by atoms with Gasteiger partial charge in [0.2, 0.25) is 0 Å². The highest BCUT2D eigenvalue weighted by molar-refractivity contribution is 9.10. The molecule has 0 amide bonds. The first kappa shape index (κ1) is 18.1. The van der Waals surface area contributed by atoms with Crippen LogP contribution in [0.2, 0.25) is 0 Å². The number of nitrogens with zero attached hydrogens (tertiary/aromatic N) is 2. The van der Waals surface area contributed by atoms with Crippen molar-refractivity contribution in [3.8, 4) is 0 Å². The molecule has 1 aliphatic rings. The van der Waals surface area contributed by atoms with E-state index in [1.807, 2.05) is 13.1 Å². The molecule has 0 aliphatic carbocycles. The number of likely N-dealkylation sites (N-methyl/N-ethyl adjacent to an activating group) is 2. The minimum atomic E-state index is -0.830. The average molecular weight is 407 g/mol. The Morgan fingerprint density at radius 1 is 1.12 bits per heavy atom. The summed E-state index contributed by atoms with van der Waals surface area (Å²) in [7, 11) is 4.08. The molecule has 0 radical (unpaired) electrons. The number of hydrogen-bond donors (Lipinski definition) is 0. The summed E-state index contributed by atoms with van der Waals surface area (Å²) < 4.78 is 28.2. The van der Waals surface area contributed by atoms with Crippen LogP contribution in [0.15, 0.2) is 52.6 Å². The Labute approximate surface area is 155 Å². The van der Waals surface area contributed by atoms with Gasteiger partial charge in [-0.05, 0) is 37.2 Å². The summed E-state index contributed by atoms with van der Waals surface area (Å²) in [4.78, 5) is 4.40. The van der Waals surface area contributed by atoms with Crippen LogP contribution in [0, 0.1) is 11.6 Å². The molecule has 1 aliphatic heterocycles. The lowest BCUT2D eigenvalue weighted by atomic mass is 10.0. The van der Waals surface area contributed by atoms with Crippen molar-refractivity contribution < 1.29 is 8.78 Å². The van der Waals surface area contributed by atoms with Gasteiger partial charge >= 0.3 is 0 Å². The van der Waals surface area contributed by atoms with Gasteiger partial charge in [0.25, 0.3) is 0 Å². The number of benzene rings is 2. The lowest BCUT2D eigenvalue weighted by Crippen LogP contribution is -2.49. The quantitative estimate of drug-likeness (QED) is 0.689. The zero-order chi connectivity index (χ0) is 18.0. The Bertz CT molecular complexity index is 777. The molecule has 0 bridgehead atoms. The molecule has 1 heterocycles. The van der Waals surface area contributed by atoms with E-state index in [4.69, 9.17) is 0 Å². The predicted octanol–water partition coefficient (Wildman–Crippen LogP) is 4.56. The standard InChI is InChI=1S/C20H21BrF2N2/c1-24-13-16(11-17-18(21)8-9-19(22)20(17)23)25(2)12-15(24)10-14-6-4-3-5-7-14/h3-9,11,15H,10,12-13H2,1-2H3. The van der Waals surface area contributed by atoms with Crippen LogP contribution in [0.1, 0.15) is 11.1 Å². The number of piperazine rings is 1. The molecule has 5 heteroatoms. The van der Waals surface area contributed by atoms with E-state index in [1.165, 1.54) is 11.6 Å². The van der Waals surface area contributed by atoms with Crippen LogP contribution in [0.25, 0.3) is 6.08 Å². The van der Waals surface area contributed by atoms with E-state index in [2.05, 4.69) is 57.0 Å². The lowest BCUT2D eigenvalue weighted by Gasteiger charge is -2.40. The van der Waals surface area contributed by atoms with Crippen LogP contribution >= 0.6 is 15.9 Å². The minimum Gasteiger partial charge on any atom is -0.375 e. The van der Waals surface area contributed by atoms with Crippen molar-refractivity contribution in [3.63, 3.8) is 0 Å². The van der Waals surface area contributed by atoms with Crippen molar-refractivity contribution >= 4 is 22.0 Å². The van der Waals surface area contributed by atoms with E-state index in [9.17, 15) is 8.78 Å². The summed E-state index contributed by atoms with van der Waals surface area (Å²) in [6.45, 7) is 1.53. The summed E-state index contributed by atoms with van der Waals surface area (Å²) >= 11 is 3.32. The van der Waals surface area contributed by atoms with Gasteiger partial charge < -0.3 is 4.90 Å². The van der Waals surface area contributed by atoms with Crippen molar-refractivity contribution in [3.05, 3.63) is 75.4 Å². The molecule has 1 atom stereocenters. The highest BCUT2D eigenvalue weighted by Crippen LogP contribution is 2.27. The highest BCUT2D eigenvalue weighted by atomic mass is 79.9. The van der Waals surface area contributed by atoms with Crippen molar-refractivity contribution in [1.29, 1.82) is 0 Å². The van der Waals surface area contributed by atoms with E-state index in [0.717, 1.165) is 24.7 Å². The van der Waals surface area contributed by atoms with Gasteiger partial charge in [-0.15, -0.1) is 0 Å². The first-order valence-electron chi connectivity index (χ1n) is 8.25. The van der Waals surface area contributed by atoms with Gasteiger partial charge in [0.1, 0.15) is 0 Å².